The number of rotatable bonds is 5. The second kappa shape index (κ2) is 7.19. The Morgan fingerprint density at radius 1 is 1.60 bits per heavy atom. The first kappa shape index (κ1) is 14.7. The fraction of sp³-hybridized carbons (Fsp3) is 0.571. The number of nitrogens with zero attached hydrogens (tertiary/aromatic N) is 2. The van der Waals surface area contributed by atoms with Crippen molar-refractivity contribution < 1.29 is 13.9 Å². The van der Waals surface area contributed by atoms with Gasteiger partial charge >= 0.3 is 0 Å². The molecule has 1 aromatic heterocycles. The molecule has 0 aromatic carbocycles. The molecule has 0 saturated carbocycles. The highest BCUT2D eigenvalue weighted by Crippen LogP contribution is 2.19. The summed E-state index contributed by atoms with van der Waals surface area (Å²) >= 11 is 0. The number of nitrogens with one attached hydrogen (secondary N) is 1. The van der Waals surface area contributed by atoms with Crippen LogP contribution in [0.4, 0.5) is 10.2 Å². The SMILES string of the molecule is COCCNC(=O)c1ccc(N2CCCC(F)C2)nc1. The van der Waals surface area contributed by atoms with Crippen LogP contribution >= 0.6 is 0 Å². The zero-order valence-corrected chi connectivity index (χ0v) is 11.6. The molecular weight excluding hydrogens is 261 g/mol. The third-order valence-corrected chi connectivity index (χ3v) is 3.29. The maximum atomic E-state index is 13.4. The van der Waals surface area contributed by atoms with Crippen LogP contribution in [0.25, 0.3) is 0 Å². The summed E-state index contributed by atoms with van der Waals surface area (Å²) in [4.78, 5) is 17.9. The predicted molar refractivity (Wildman–Crippen MR) is 74.8 cm³/mol. The Morgan fingerprint density at radius 3 is 3.10 bits per heavy atom. The Labute approximate surface area is 118 Å². The maximum Gasteiger partial charge on any atom is 0.252 e. The highest BCUT2D eigenvalue weighted by molar-refractivity contribution is 5.94. The molecule has 0 radical (unpaired) electrons. The lowest BCUT2D eigenvalue weighted by atomic mass is 10.1. The molecule has 5 nitrogen and oxygen atoms in total. The number of carbonyl (C=O) groups excluding carboxylic acids is 1. The summed E-state index contributed by atoms with van der Waals surface area (Å²) in [5.74, 6) is 0.545. The summed E-state index contributed by atoms with van der Waals surface area (Å²) in [5, 5.41) is 2.73. The van der Waals surface area contributed by atoms with Gasteiger partial charge in [-0.15, -0.1) is 0 Å². The normalized spacial score (nSPS) is 18.9. The number of halogens is 1. The minimum atomic E-state index is -0.789. The van der Waals surface area contributed by atoms with E-state index < -0.39 is 6.17 Å². The van der Waals surface area contributed by atoms with Gasteiger partial charge in [0.1, 0.15) is 12.0 Å². The van der Waals surface area contributed by atoms with Crippen molar-refractivity contribution in [3.63, 3.8) is 0 Å². The van der Waals surface area contributed by atoms with Gasteiger partial charge in [-0.3, -0.25) is 4.79 Å². The number of hydrogen-bond donors (Lipinski definition) is 1. The van der Waals surface area contributed by atoms with E-state index in [1.54, 1.807) is 19.2 Å². The summed E-state index contributed by atoms with van der Waals surface area (Å²) < 4.78 is 18.2. The highest BCUT2D eigenvalue weighted by atomic mass is 19.1. The van der Waals surface area contributed by atoms with Gasteiger partial charge in [-0.05, 0) is 25.0 Å². The Morgan fingerprint density at radius 2 is 2.45 bits per heavy atom. The third kappa shape index (κ3) is 3.90. The first-order valence-electron chi connectivity index (χ1n) is 6.83. The van der Waals surface area contributed by atoms with Gasteiger partial charge in [-0.1, -0.05) is 0 Å². The molecule has 1 amide bonds. The van der Waals surface area contributed by atoms with E-state index in [9.17, 15) is 9.18 Å². The van der Waals surface area contributed by atoms with Crippen LogP contribution in [-0.4, -0.2) is 50.4 Å². The van der Waals surface area contributed by atoms with E-state index in [-0.39, 0.29) is 5.91 Å². The average molecular weight is 281 g/mol. The molecule has 0 aliphatic carbocycles. The molecule has 1 aliphatic heterocycles. The lowest BCUT2D eigenvalue weighted by Gasteiger charge is -2.29. The number of hydrogen-bond acceptors (Lipinski definition) is 4. The molecule has 110 valence electrons. The molecule has 1 aliphatic rings. The van der Waals surface area contributed by atoms with Gasteiger partial charge in [0.05, 0.1) is 18.7 Å². The molecule has 1 unspecified atom stereocenters. The fourth-order valence-electron chi connectivity index (χ4n) is 2.21. The zero-order chi connectivity index (χ0) is 14.4. The number of alkyl halides is 1. The van der Waals surface area contributed by atoms with Crippen LogP contribution in [0.15, 0.2) is 18.3 Å². The van der Waals surface area contributed by atoms with Gasteiger partial charge in [-0.25, -0.2) is 9.37 Å². The van der Waals surface area contributed by atoms with Crippen LogP contribution in [0.5, 0.6) is 0 Å². The molecule has 2 rings (SSSR count). The second-order valence-corrected chi connectivity index (χ2v) is 4.84. The van der Waals surface area contributed by atoms with Crippen LogP contribution in [0.1, 0.15) is 23.2 Å². The van der Waals surface area contributed by atoms with Crippen molar-refractivity contribution in [3.05, 3.63) is 23.9 Å². The summed E-state index contributed by atoms with van der Waals surface area (Å²) in [7, 11) is 1.58. The summed E-state index contributed by atoms with van der Waals surface area (Å²) in [6.07, 6.45) is 2.19. The molecule has 1 aromatic rings. The van der Waals surface area contributed by atoms with Crippen molar-refractivity contribution in [2.45, 2.75) is 19.0 Å². The quantitative estimate of drug-likeness (QED) is 0.829. The summed E-state index contributed by atoms with van der Waals surface area (Å²) in [5.41, 5.74) is 0.499. The van der Waals surface area contributed by atoms with Crippen molar-refractivity contribution >= 4 is 11.7 Å². The van der Waals surface area contributed by atoms with E-state index in [2.05, 4.69) is 10.3 Å². The largest absolute Gasteiger partial charge is 0.383 e. The minimum Gasteiger partial charge on any atom is -0.383 e. The molecular formula is C14H20FN3O2. The number of aromatic nitrogens is 1. The molecule has 1 saturated heterocycles. The maximum absolute atomic E-state index is 13.4. The average Bonchev–Trinajstić information content (AvgIpc) is 2.47. The minimum absolute atomic E-state index is 0.178. The predicted octanol–water partition coefficient (Wildman–Crippen LogP) is 1.40. The number of methoxy groups -OCH3 is 1. The number of anilines is 1. The second-order valence-electron chi connectivity index (χ2n) is 4.84. The van der Waals surface area contributed by atoms with Crippen molar-refractivity contribution in [1.82, 2.24) is 10.3 Å². The Balaban J connectivity index is 1.93. The van der Waals surface area contributed by atoms with Crippen LogP contribution in [0.2, 0.25) is 0 Å². The van der Waals surface area contributed by atoms with E-state index in [1.165, 1.54) is 6.20 Å². The van der Waals surface area contributed by atoms with Gasteiger partial charge in [0.25, 0.3) is 5.91 Å². The number of carbonyl (C=O) groups is 1. The van der Waals surface area contributed by atoms with Gasteiger partial charge < -0.3 is 15.0 Å². The molecule has 0 spiro atoms. The Hall–Kier alpha value is -1.69. The van der Waals surface area contributed by atoms with Crippen molar-refractivity contribution in [3.8, 4) is 0 Å². The molecule has 6 heteroatoms. The summed E-state index contributed by atoms with van der Waals surface area (Å²) in [6.45, 7) is 2.13. The lowest BCUT2D eigenvalue weighted by molar-refractivity contribution is 0.0936. The number of pyridine rings is 1. The van der Waals surface area contributed by atoms with Gasteiger partial charge in [0, 0.05) is 26.4 Å². The molecule has 1 fully saturated rings. The number of piperidine rings is 1. The zero-order valence-electron chi connectivity index (χ0n) is 11.6. The van der Waals surface area contributed by atoms with E-state index in [1.807, 2.05) is 4.90 Å². The Kier molecular flexibility index (Phi) is 5.29. The molecule has 20 heavy (non-hydrogen) atoms. The number of ether oxygens (including phenoxy) is 1. The van der Waals surface area contributed by atoms with E-state index in [0.717, 1.165) is 18.8 Å². The van der Waals surface area contributed by atoms with E-state index in [0.29, 0.717) is 31.7 Å². The smallest absolute Gasteiger partial charge is 0.252 e. The molecule has 2 heterocycles. The molecule has 1 atom stereocenters. The van der Waals surface area contributed by atoms with Crippen LogP contribution < -0.4 is 10.2 Å². The van der Waals surface area contributed by atoms with Gasteiger partial charge in [0.2, 0.25) is 0 Å². The van der Waals surface area contributed by atoms with Crippen molar-refractivity contribution in [2.75, 3.05) is 38.3 Å². The van der Waals surface area contributed by atoms with Crippen LogP contribution in [0, 0.1) is 0 Å². The Bertz CT molecular complexity index is 439. The lowest BCUT2D eigenvalue weighted by Crippen LogP contribution is -2.37. The number of amides is 1. The standard InChI is InChI=1S/C14H20FN3O2/c1-20-8-6-16-14(19)11-4-5-13(17-9-11)18-7-2-3-12(15)10-18/h4-5,9,12H,2-3,6-8,10H2,1H3,(H,16,19). The van der Waals surface area contributed by atoms with Crippen molar-refractivity contribution in [1.29, 1.82) is 0 Å². The first-order chi connectivity index (χ1) is 9.70. The third-order valence-electron chi connectivity index (χ3n) is 3.29. The van der Waals surface area contributed by atoms with Crippen LogP contribution in [0.3, 0.4) is 0 Å². The van der Waals surface area contributed by atoms with E-state index in [4.69, 9.17) is 4.74 Å². The van der Waals surface area contributed by atoms with Gasteiger partial charge in [0.15, 0.2) is 0 Å². The highest BCUT2D eigenvalue weighted by Gasteiger charge is 2.20. The monoisotopic (exact) mass is 281 g/mol. The molecule has 1 N–H and O–H groups in total. The van der Waals surface area contributed by atoms with Crippen molar-refractivity contribution in [2.24, 2.45) is 0 Å². The van der Waals surface area contributed by atoms with Crippen LogP contribution in [-0.2, 0) is 4.74 Å². The first-order valence-corrected chi connectivity index (χ1v) is 6.83. The van der Waals surface area contributed by atoms with E-state index >= 15 is 0 Å². The molecule has 0 bridgehead atoms. The summed E-state index contributed by atoms with van der Waals surface area (Å²) in [6, 6.07) is 3.48. The van der Waals surface area contributed by atoms with Gasteiger partial charge in [-0.2, -0.15) is 0 Å². The fourth-order valence-corrected chi connectivity index (χ4v) is 2.21. The topological polar surface area (TPSA) is 54.5 Å².